The number of benzene rings is 1. The number of rotatable bonds is 4. The fraction of sp³-hybridized carbons (Fsp3) is 0.385. The Morgan fingerprint density at radius 3 is 2.85 bits per heavy atom. The molecule has 0 spiro atoms. The van der Waals surface area contributed by atoms with E-state index in [1.807, 2.05) is 12.1 Å². The number of non-ortho nitro benzene ring substituents is 1. The van der Waals surface area contributed by atoms with Gasteiger partial charge in [-0.05, 0) is 24.9 Å². The summed E-state index contributed by atoms with van der Waals surface area (Å²) in [7, 11) is 0. The van der Waals surface area contributed by atoms with Crippen LogP contribution in [0.1, 0.15) is 30.3 Å². The van der Waals surface area contributed by atoms with Crippen molar-refractivity contribution < 1.29 is 4.92 Å². The van der Waals surface area contributed by atoms with Gasteiger partial charge in [-0.3, -0.25) is 20.1 Å². The van der Waals surface area contributed by atoms with Crippen molar-refractivity contribution in [3.8, 4) is 0 Å². The molecule has 104 valence electrons. The molecule has 1 fully saturated rings. The van der Waals surface area contributed by atoms with Crippen molar-refractivity contribution in [1.82, 2.24) is 20.1 Å². The summed E-state index contributed by atoms with van der Waals surface area (Å²) in [5, 5.41) is 17.5. The molecule has 2 aromatic rings. The zero-order chi connectivity index (χ0) is 13.9. The highest BCUT2D eigenvalue weighted by atomic mass is 16.6. The lowest BCUT2D eigenvalue weighted by Gasteiger charge is -2.22. The summed E-state index contributed by atoms with van der Waals surface area (Å²) in [5.41, 5.74) is 1.20. The molecule has 7 heteroatoms. The Labute approximate surface area is 115 Å². The summed E-state index contributed by atoms with van der Waals surface area (Å²) in [6.45, 7) is 1.77. The van der Waals surface area contributed by atoms with E-state index < -0.39 is 0 Å². The van der Waals surface area contributed by atoms with Crippen molar-refractivity contribution in [1.29, 1.82) is 0 Å². The highest BCUT2D eigenvalue weighted by Gasteiger charge is 2.28. The number of likely N-dealkylation sites (tertiary alicyclic amines) is 1. The summed E-state index contributed by atoms with van der Waals surface area (Å²) < 4.78 is 0. The summed E-state index contributed by atoms with van der Waals surface area (Å²) in [5.74, 6) is 0.893. The minimum Gasteiger partial charge on any atom is -0.289 e. The van der Waals surface area contributed by atoms with Gasteiger partial charge in [0.2, 0.25) is 0 Å². The monoisotopic (exact) mass is 273 g/mol. The smallest absolute Gasteiger partial charge is 0.269 e. The minimum absolute atomic E-state index is 0.127. The molecule has 0 bridgehead atoms. The average Bonchev–Trinajstić information content (AvgIpc) is 3.09. The summed E-state index contributed by atoms with van der Waals surface area (Å²) >= 11 is 0. The van der Waals surface area contributed by atoms with Crippen LogP contribution in [0.2, 0.25) is 0 Å². The Morgan fingerprint density at radius 2 is 2.20 bits per heavy atom. The van der Waals surface area contributed by atoms with Gasteiger partial charge >= 0.3 is 0 Å². The first kappa shape index (κ1) is 12.7. The van der Waals surface area contributed by atoms with Gasteiger partial charge in [-0.1, -0.05) is 12.1 Å². The first-order valence-corrected chi connectivity index (χ1v) is 6.56. The zero-order valence-corrected chi connectivity index (χ0v) is 10.9. The number of aromatic amines is 1. The maximum atomic E-state index is 10.6. The van der Waals surface area contributed by atoms with Gasteiger partial charge in [-0.2, -0.15) is 5.10 Å². The van der Waals surface area contributed by atoms with Crippen LogP contribution < -0.4 is 0 Å². The maximum Gasteiger partial charge on any atom is 0.269 e. The van der Waals surface area contributed by atoms with E-state index in [0.29, 0.717) is 0 Å². The van der Waals surface area contributed by atoms with Crippen LogP contribution in [-0.4, -0.2) is 31.5 Å². The summed E-state index contributed by atoms with van der Waals surface area (Å²) in [6, 6.07) is 6.98. The van der Waals surface area contributed by atoms with Gasteiger partial charge in [-0.15, -0.1) is 0 Å². The van der Waals surface area contributed by atoms with Gasteiger partial charge in [-0.25, -0.2) is 4.98 Å². The number of nitro benzene ring substituents is 1. The number of nitro groups is 1. The van der Waals surface area contributed by atoms with Crippen LogP contribution in [0.4, 0.5) is 5.69 Å². The highest BCUT2D eigenvalue weighted by Crippen LogP contribution is 2.31. The lowest BCUT2D eigenvalue weighted by Crippen LogP contribution is -2.23. The van der Waals surface area contributed by atoms with Crippen LogP contribution >= 0.6 is 0 Å². The largest absolute Gasteiger partial charge is 0.289 e. The Balaban J connectivity index is 1.72. The molecule has 1 aromatic carbocycles. The molecule has 0 amide bonds. The van der Waals surface area contributed by atoms with Gasteiger partial charge in [0.15, 0.2) is 0 Å². The number of hydrogen-bond donors (Lipinski definition) is 1. The maximum absolute atomic E-state index is 10.6. The minimum atomic E-state index is -0.378. The van der Waals surface area contributed by atoms with Crippen molar-refractivity contribution in [2.45, 2.75) is 25.4 Å². The van der Waals surface area contributed by atoms with E-state index in [4.69, 9.17) is 0 Å². The van der Waals surface area contributed by atoms with Gasteiger partial charge in [0.1, 0.15) is 12.2 Å². The number of nitrogens with one attached hydrogen (secondary N) is 1. The van der Waals surface area contributed by atoms with Gasteiger partial charge in [0, 0.05) is 18.7 Å². The van der Waals surface area contributed by atoms with E-state index in [9.17, 15) is 10.1 Å². The first-order valence-electron chi connectivity index (χ1n) is 6.56. The molecule has 0 saturated carbocycles. The van der Waals surface area contributed by atoms with Crippen molar-refractivity contribution >= 4 is 5.69 Å². The van der Waals surface area contributed by atoms with Gasteiger partial charge in [0.05, 0.1) is 11.0 Å². The lowest BCUT2D eigenvalue weighted by molar-refractivity contribution is -0.384. The number of nitrogens with zero attached hydrogens (tertiary/aromatic N) is 4. The Bertz CT molecular complexity index is 581. The molecule has 20 heavy (non-hydrogen) atoms. The highest BCUT2D eigenvalue weighted by molar-refractivity contribution is 5.32. The number of H-pyrrole nitrogens is 1. The third-order valence-electron chi connectivity index (χ3n) is 3.65. The topological polar surface area (TPSA) is 87.9 Å². The quantitative estimate of drug-likeness (QED) is 0.680. The van der Waals surface area contributed by atoms with E-state index in [-0.39, 0.29) is 16.7 Å². The number of aromatic nitrogens is 3. The lowest BCUT2D eigenvalue weighted by atomic mass is 10.1. The molecule has 1 aliphatic rings. The van der Waals surface area contributed by atoms with Crippen LogP contribution in [-0.2, 0) is 6.54 Å². The van der Waals surface area contributed by atoms with Crippen molar-refractivity contribution in [3.63, 3.8) is 0 Å². The van der Waals surface area contributed by atoms with Crippen LogP contribution in [0.25, 0.3) is 0 Å². The summed E-state index contributed by atoms with van der Waals surface area (Å²) in [4.78, 5) is 16.8. The molecular weight excluding hydrogens is 258 g/mol. The Hall–Kier alpha value is -2.28. The molecule has 2 heterocycles. The second-order valence-corrected chi connectivity index (χ2v) is 4.92. The molecule has 1 saturated heterocycles. The zero-order valence-electron chi connectivity index (χ0n) is 10.9. The van der Waals surface area contributed by atoms with E-state index in [1.165, 1.54) is 6.33 Å². The van der Waals surface area contributed by atoms with Crippen molar-refractivity contribution in [3.05, 3.63) is 52.1 Å². The standard InChI is InChI=1S/C13H15N5O2/c19-18(20)11-5-3-10(4-6-11)8-17-7-1-2-12(17)13-14-9-15-16-13/h3-6,9,12H,1-2,7-8H2,(H,14,15,16)/t12-/m0/s1. The SMILES string of the molecule is O=[N+]([O-])c1ccc(CN2CCC[C@H]2c2ncn[nH]2)cc1. The number of hydrogen-bond acceptors (Lipinski definition) is 5. The third-order valence-corrected chi connectivity index (χ3v) is 3.65. The van der Waals surface area contributed by atoms with Crippen LogP contribution in [0.15, 0.2) is 30.6 Å². The predicted octanol–water partition coefficient (Wildman–Crippen LogP) is 2.05. The predicted molar refractivity (Wildman–Crippen MR) is 71.9 cm³/mol. The van der Waals surface area contributed by atoms with E-state index in [1.54, 1.807) is 12.1 Å². The molecule has 0 aliphatic carbocycles. The molecule has 1 aliphatic heterocycles. The molecule has 0 radical (unpaired) electrons. The second kappa shape index (κ2) is 5.38. The summed E-state index contributed by atoms with van der Waals surface area (Å²) in [6.07, 6.45) is 3.71. The fourth-order valence-electron chi connectivity index (χ4n) is 2.66. The van der Waals surface area contributed by atoms with E-state index >= 15 is 0 Å². The van der Waals surface area contributed by atoms with Crippen LogP contribution in [0.3, 0.4) is 0 Å². The van der Waals surface area contributed by atoms with Crippen molar-refractivity contribution in [2.75, 3.05) is 6.54 Å². The Kier molecular flexibility index (Phi) is 3.42. The fourth-order valence-corrected chi connectivity index (χ4v) is 2.66. The van der Waals surface area contributed by atoms with Gasteiger partial charge in [0.25, 0.3) is 5.69 Å². The average molecular weight is 273 g/mol. The molecule has 1 N–H and O–H groups in total. The molecule has 1 aromatic heterocycles. The van der Waals surface area contributed by atoms with Gasteiger partial charge < -0.3 is 0 Å². The van der Waals surface area contributed by atoms with Crippen molar-refractivity contribution in [2.24, 2.45) is 0 Å². The molecule has 7 nitrogen and oxygen atoms in total. The normalized spacial score (nSPS) is 19.3. The van der Waals surface area contributed by atoms with Crippen LogP contribution in [0, 0.1) is 10.1 Å². The third kappa shape index (κ3) is 2.53. The molecular formula is C13H15N5O2. The molecule has 1 atom stereocenters. The van der Waals surface area contributed by atoms with Crippen LogP contribution in [0.5, 0.6) is 0 Å². The Morgan fingerprint density at radius 1 is 1.40 bits per heavy atom. The van der Waals surface area contributed by atoms with E-state index in [2.05, 4.69) is 20.1 Å². The molecule has 3 rings (SSSR count). The molecule has 0 unspecified atom stereocenters. The first-order chi connectivity index (χ1) is 9.74. The second-order valence-electron chi connectivity index (χ2n) is 4.92. The van der Waals surface area contributed by atoms with E-state index in [0.717, 1.165) is 37.3 Å².